The molecule has 14 heteroatoms. The molecular formula is C25H36F5N5O4. The fourth-order valence-corrected chi connectivity index (χ4v) is 4.92. The Morgan fingerprint density at radius 3 is 2.13 bits per heavy atom. The molecule has 2 saturated carbocycles. The molecule has 0 aromatic rings. The smallest absolute Gasteiger partial charge is 0.350 e. The van der Waals surface area contributed by atoms with Crippen LogP contribution in [0.1, 0.15) is 65.7 Å². The molecule has 39 heavy (non-hydrogen) atoms. The van der Waals surface area contributed by atoms with Gasteiger partial charge < -0.3 is 21.3 Å². The zero-order valence-electron chi connectivity index (χ0n) is 22.2. The molecule has 1 saturated heterocycles. The average molecular weight is 566 g/mol. The number of halogens is 5. The Kier molecular flexibility index (Phi) is 8.66. The molecule has 0 bridgehead atoms. The minimum atomic E-state index is -5.26. The summed E-state index contributed by atoms with van der Waals surface area (Å²) in [6.45, 7) is 7.66. The third-order valence-electron chi connectivity index (χ3n) is 7.62. The number of hydrogen-bond acceptors (Lipinski definition) is 5. The lowest BCUT2D eigenvalue weighted by Gasteiger charge is -2.33. The molecule has 0 aromatic carbocycles. The van der Waals surface area contributed by atoms with Gasteiger partial charge in [0.25, 0.3) is 5.92 Å². The molecule has 9 nitrogen and oxygen atoms in total. The van der Waals surface area contributed by atoms with Crippen LogP contribution < -0.4 is 21.3 Å². The monoisotopic (exact) mass is 565 g/mol. The SMILES string of the molecule is C=NC[C@H](C[C@@H]1CCC2(CC2)NC1=O)NC(=O)[C@H](CC1CC1(F)F)NC(=O)[C@@H](NC(=O)C(F)(F)F)C(C)(C)C. The molecule has 4 amide bonds. The number of aliphatic imine (C=N–C) groups is 1. The van der Waals surface area contributed by atoms with Gasteiger partial charge in [0.15, 0.2) is 0 Å². The molecule has 0 radical (unpaired) electrons. The van der Waals surface area contributed by atoms with Gasteiger partial charge in [0, 0.05) is 29.8 Å². The van der Waals surface area contributed by atoms with Crippen molar-refractivity contribution in [3.8, 4) is 0 Å². The van der Waals surface area contributed by atoms with E-state index in [1.165, 1.54) is 20.8 Å². The summed E-state index contributed by atoms with van der Waals surface area (Å²) < 4.78 is 66.0. The van der Waals surface area contributed by atoms with Gasteiger partial charge in [-0.25, -0.2) is 8.78 Å². The number of nitrogens with one attached hydrogen (secondary N) is 4. The lowest BCUT2D eigenvalue weighted by molar-refractivity contribution is -0.175. The van der Waals surface area contributed by atoms with Gasteiger partial charge in [-0.2, -0.15) is 13.2 Å². The largest absolute Gasteiger partial charge is 0.471 e. The van der Waals surface area contributed by atoms with E-state index in [9.17, 15) is 41.1 Å². The Morgan fingerprint density at radius 1 is 1.05 bits per heavy atom. The van der Waals surface area contributed by atoms with Crippen LogP contribution in [-0.4, -0.2) is 72.7 Å². The van der Waals surface area contributed by atoms with Crippen LogP contribution in [0.5, 0.6) is 0 Å². The van der Waals surface area contributed by atoms with Crippen molar-refractivity contribution in [1.82, 2.24) is 21.3 Å². The normalized spacial score (nSPS) is 25.5. The summed E-state index contributed by atoms with van der Waals surface area (Å²) in [7, 11) is 0. The van der Waals surface area contributed by atoms with Crippen molar-refractivity contribution in [2.24, 2.45) is 22.2 Å². The number of rotatable bonds is 11. The lowest BCUT2D eigenvalue weighted by Crippen LogP contribution is -2.60. The van der Waals surface area contributed by atoms with E-state index < -0.39 is 78.0 Å². The first-order chi connectivity index (χ1) is 17.9. The molecule has 1 heterocycles. The highest BCUT2D eigenvalue weighted by Gasteiger charge is 2.58. The van der Waals surface area contributed by atoms with E-state index in [1.54, 1.807) is 5.32 Å². The summed E-state index contributed by atoms with van der Waals surface area (Å²) in [6.07, 6.45) is -2.75. The summed E-state index contributed by atoms with van der Waals surface area (Å²) in [5, 5.41) is 9.57. The Balaban J connectivity index is 1.72. The van der Waals surface area contributed by atoms with Gasteiger partial charge in [-0.3, -0.25) is 24.2 Å². The first-order valence-electron chi connectivity index (χ1n) is 13.0. The van der Waals surface area contributed by atoms with Crippen LogP contribution in [0.3, 0.4) is 0 Å². The molecule has 4 N–H and O–H groups in total. The second-order valence-corrected chi connectivity index (χ2v) is 12.1. The van der Waals surface area contributed by atoms with Crippen LogP contribution in [0.15, 0.2) is 4.99 Å². The first kappa shape index (κ1) is 30.7. The quantitative estimate of drug-likeness (QED) is 0.226. The summed E-state index contributed by atoms with van der Waals surface area (Å²) in [5.41, 5.74) is -1.34. The third-order valence-corrected chi connectivity index (χ3v) is 7.62. The number of carbonyl (C=O) groups is 4. The Hall–Kier alpha value is -2.80. The standard InChI is InChI=1S/C25H36F5N5O4/c1-22(2,3)17(34-21(39)25(28,29)30)20(38)33-16(10-14-11-24(14,26)27)19(37)32-15(12-31-4)9-13-5-6-23(7-8-23)35-18(13)36/h13-17H,4-12H2,1-3H3,(H,32,37)(H,33,38)(H,34,39)(H,35,36)/t13-,14?,15-,16-,17+/m0/s1. The fourth-order valence-electron chi connectivity index (χ4n) is 4.92. The maximum absolute atomic E-state index is 13.7. The Bertz CT molecular complexity index is 992. The van der Waals surface area contributed by atoms with Crippen LogP contribution in [0, 0.1) is 17.3 Å². The number of carbonyl (C=O) groups excluding carboxylic acids is 4. The molecule has 3 aliphatic rings. The van der Waals surface area contributed by atoms with Crippen molar-refractivity contribution in [2.75, 3.05) is 6.54 Å². The van der Waals surface area contributed by atoms with Gasteiger partial charge >= 0.3 is 12.1 Å². The van der Waals surface area contributed by atoms with Crippen LogP contribution >= 0.6 is 0 Å². The molecule has 3 fully saturated rings. The van der Waals surface area contributed by atoms with Gasteiger partial charge in [0.2, 0.25) is 17.7 Å². The molecule has 1 aliphatic heterocycles. The van der Waals surface area contributed by atoms with Crippen molar-refractivity contribution in [2.45, 2.75) is 101 Å². The van der Waals surface area contributed by atoms with Crippen molar-refractivity contribution < 1.29 is 41.1 Å². The summed E-state index contributed by atoms with van der Waals surface area (Å²) in [5.74, 6) is -9.10. The third kappa shape index (κ3) is 8.10. The van der Waals surface area contributed by atoms with Gasteiger partial charge in [0.05, 0.1) is 6.54 Å². The highest BCUT2D eigenvalue weighted by molar-refractivity contribution is 5.93. The zero-order chi connectivity index (χ0) is 29.4. The molecule has 1 unspecified atom stereocenters. The summed E-state index contributed by atoms with van der Waals surface area (Å²) >= 11 is 0. The van der Waals surface area contributed by atoms with E-state index in [-0.39, 0.29) is 24.4 Å². The van der Waals surface area contributed by atoms with Crippen LogP contribution in [-0.2, 0) is 19.2 Å². The molecule has 5 atom stereocenters. The zero-order valence-corrected chi connectivity index (χ0v) is 22.2. The molecule has 1 spiro atoms. The minimum Gasteiger partial charge on any atom is -0.350 e. The maximum atomic E-state index is 13.7. The number of piperidine rings is 1. The number of hydrogen-bond donors (Lipinski definition) is 4. The van der Waals surface area contributed by atoms with E-state index in [4.69, 9.17) is 0 Å². The first-order valence-corrected chi connectivity index (χ1v) is 13.0. The Morgan fingerprint density at radius 2 is 1.67 bits per heavy atom. The van der Waals surface area contributed by atoms with Crippen molar-refractivity contribution in [1.29, 1.82) is 0 Å². The molecule has 2 aliphatic carbocycles. The molecule has 220 valence electrons. The van der Waals surface area contributed by atoms with E-state index in [0.29, 0.717) is 6.42 Å². The van der Waals surface area contributed by atoms with Crippen LogP contribution in [0.25, 0.3) is 0 Å². The van der Waals surface area contributed by atoms with Crippen LogP contribution in [0.4, 0.5) is 22.0 Å². The second-order valence-electron chi connectivity index (χ2n) is 12.1. The Labute approximate surface area is 223 Å². The van der Waals surface area contributed by atoms with Crippen LogP contribution in [0.2, 0.25) is 0 Å². The summed E-state index contributed by atoms with van der Waals surface area (Å²) in [4.78, 5) is 54.2. The molecule has 3 rings (SSSR count). The fraction of sp³-hybridized carbons (Fsp3) is 0.800. The number of amides is 4. The second kappa shape index (κ2) is 11.0. The average Bonchev–Trinajstić information content (AvgIpc) is 3.68. The summed E-state index contributed by atoms with van der Waals surface area (Å²) in [6, 6.07) is -3.93. The number of nitrogens with zero attached hydrogens (tertiary/aromatic N) is 1. The van der Waals surface area contributed by atoms with Gasteiger partial charge in [-0.05, 0) is 50.7 Å². The van der Waals surface area contributed by atoms with E-state index in [1.807, 2.05) is 0 Å². The van der Waals surface area contributed by atoms with E-state index in [2.05, 4.69) is 27.7 Å². The van der Waals surface area contributed by atoms with Crippen molar-refractivity contribution in [3.05, 3.63) is 0 Å². The number of alkyl halides is 5. The minimum absolute atomic E-state index is 0.0210. The highest BCUT2D eigenvalue weighted by Crippen LogP contribution is 2.51. The van der Waals surface area contributed by atoms with Gasteiger partial charge in [-0.1, -0.05) is 20.8 Å². The highest BCUT2D eigenvalue weighted by atomic mass is 19.4. The predicted octanol–water partition coefficient (Wildman–Crippen LogP) is 2.24. The van der Waals surface area contributed by atoms with Gasteiger partial charge in [-0.15, -0.1) is 0 Å². The lowest BCUT2D eigenvalue weighted by atomic mass is 9.85. The van der Waals surface area contributed by atoms with Crippen molar-refractivity contribution >= 4 is 30.3 Å². The van der Waals surface area contributed by atoms with E-state index >= 15 is 0 Å². The van der Waals surface area contributed by atoms with Gasteiger partial charge in [0.1, 0.15) is 12.1 Å². The topological polar surface area (TPSA) is 129 Å². The molecular weight excluding hydrogens is 529 g/mol. The molecule has 0 aromatic heterocycles. The maximum Gasteiger partial charge on any atom is 0.471 e. The van der Waals surface area contributed by atoms with E-state index in [0.717, 1.165) is 19.3 Å². The van der Waals surface area contributed by atoms with Crippen molar-refractivity contribution in [3.63, 3.8) is 0 Å². The predicted molar refractivity (Wildman–Crippen MR) is 131 cm³/mol.